The van der Waals surface area contributed by atoms with E-state index in [-0.39, 0.29) is 17.5 Å². The number of phenolic OH excluding ortho intramolecular Hbond substituents is 1. The zero-order chi connectivity index (χ0) is 24.4. The van der Waals surface area contributed by atoms with E-state index in [4.69, 9.17) is 16.0 Å². The van der Waals surface area contributed by atoms with Crippen LogP contribution in [0.3, 0.4) is 0 Å². The average Bonchev–Trinajstić information content (AvgIpc) is 3.29. The minimum absolute atomic E-state index is 0.109. The fourth-order valence-electron chi connectivity index (χ4n) is 3.87. The number of benzene rings is 4. The van der Waals surface area contributed by atoms with Gasteiger partial charge in [0.05, 0.1) is 0 Å². The Bertz CT molecular complexity index is 1510. The van der Waals surface area contributed by atoms with Crippen LogP contribution in [0.4, 0.5) is 5.88 Å². The first kappa shape index (κ1) is 22.4. The molecule has 6 heteroatoms. The summed E-state index contributed by atoms with van der Waals surface area (Å²) in [5, 5.41) is 14.0. The van der Waals surface area contributed by atoms with E-state index < -0.39 is 0 Å². The van der Waals surface area contributed by atoms with Crippen LogP contribution in [-0.4, -0.2) is 16.0 Å². The smallest absolute Gasteiger partial charge is 0.258 e. The number of anilines is 1. The second-order valence-electron chi connectivity index (χ2n) is 8.09. The van der Waals surface area contributed by atoms with Crippen LogP contribution in [-0.2, 0) is 0 Å². The molecule has 0 radical (unpaired) electrons. The number of oxazole rings is 1. The third-order valence-electron chi connectivity index (χ3n) is 5.61. The molecule has 0 bridgehead atoms. The molecule has 5 nitrogen and oxygen atoms in total. The van der Waals surface area contributed by atoms with Crippen LogP contribution in [0.15, 0.2) is 101 Å². The standard InChI is InChI=1S/C29H21ClN2O3/c1-18-11-16-23(25(33)17-18)22-9-5-6-10-24(22)27(34)32-29-26(19-12-14-21(30)15-13-19)31-28(35-29)20-7-3-2-4-8-20/h2-17,33H,1H3,(H,32,34). The molecule has 0 aliphatic carbocycles. The number of hydrogen-bond acceptors (Lipinski definition) is 4. The van der Waals surface area contributed by atoms with Gasteiger partial charge in [0.15, 0.2) is 0 Å². The molecular formula is C29H21ClN2O3. The van der Waals surface area contributed by atoms with Gasteiger partial charge in [-0.05, 0) is 54.4 Å². The monoisotopic (exact) mass is 480 g/mol. The molecule has 0 spiro atoms. The normalized spacial score (nSPS) is 10.8. The van der Waals surface area contributed by atoms with Gasteiger partial charge in [0.25, 0.3) is 5.91 Å². The molecule has 0 aliphatic rings. The number of nitrogens with one attached hydrogen (secondary N) is 1. The lowest BCUT2D eigenvalue weighted by atomic mass is 9.97. The van der Waals surface area contributed by atoms with Crippen molar-refractivity contribution in [2.45, 2.75) is 6.92 Å². The molecule has 0 aliphatic heterocycles. The highest BCUT2D eigenvalue weighted by atomic mass is 35.5. The van der Waals surface area contributed by atoms with Gasteiger partial charge in [-0.15, -0.1) is 0 Å². The molecule has 1 heterocycles. The lowest BCUT2D eigenvalue weighted by Crippen LogP contribution is -2.13. The third kappa shape index (κ3) is 4.67. The Labute approximate surface area is 207 Å². The summed E-state index contributed by atoms with van der Waals surface area (Å²) in [7, 11) is 0. The molecule has 1 aromatic heterocycles. The number of rotatable bonds is 5. The summed E-state index contributed by atoms with van der Waals surface area (Å²) in [6.45, 7) is 1.90. The van der Waals surface area contributed by atoms with Crippen LogP contribution < -0.4 is 5.32 Å². The lowest BCUT2D eigenvalue weighted by Gasteiger charge is -2.12. The Morgan fingerprint density at radius 1 is 0.857 bits per heavy atom. The first-order valence-corrected chi connectivity index (χ1v) is 11.4. The Hall–Kier alpha value is -4.35. The van der Waals surface area contributed by atoms with Crippen molar-refractivity contribution in [3.63, 3.8) is 0 Å². The van der Waals surface area contributed by atoms with E-state index in [1.807, 2.05) is 61.5 Å². The number of phenols is 1. The second kappa shape index (κ2) is 9.49. The zero-order valence-corrected chi connectivity index (χ0v) is 19.6. The van der Waals surface area contributed by atoms with Crippen LogP contribution in [0.2, 0.25) is 5.02 Å². The maximum Gasteiger partial charge on any atom is 0.258 e. The zero-order valence-electron chi connectivity index (χ0n) is 18.8. The van der Waals surface area contributed by atoms with Gasteiger partial charge in [0.2, 0.25) is 11.8 Å². The van der Waals surface area contributed by atoms with E-state index in [9.17, 15) is 9.90 Å². The van der Waals surface area contributed by atoms with Crippen LogP contribution in [0.25, 0.3) is 33.8 Å². The van der Waals surface area contributed by atoms with Gasteiger partial charge in [0.1, 0.15) is 11.4 Å². The minimum Gasteiger partial charge on any atom is -0.507 e. The van der Waals surface area contributed by atoms with Gasteiger partial charge in [0, 0.05) is 27.3 Å². The van der Waals surface area contributed by atoms with Gasteiger partial charge in [-0.1, -0.05) is 72.3 Å². The van der Waals surface area contributed by atoms with Crippen molar-refractivity contribution in [3.8, 4) is 39.6 Å². The average molecular weight is 481 g/mol. The maximum absolute atomic E-state index is 13.5. The van der Waals surface area contributed by atoms with Gasteiger partial charge in [-0.3, -0.25) is 10.1 Å². The number of amides is 1. The molecule has 1 amide bonds. The molecule has 5 rings (SSSR count). The summed E-state index contributed by atoms with van der Waals surface area (Å²) in [6, 6.07) is 29.1. The van der Waals surface area contributed by atoms with Gasteiger partial charge < -0.3 is 9.52 Å². The summed E-state index contributed by atoms with van der Waals surface area (Å²) in [4.78, 5) is 18.1. The van der Waals surface area contributed by atoms with E-state index >= 15 is 0 Å². The van der Waals surface area contributed by atoms with E-state index in [0.717, 1.165) is 16.7 Å². The number of nitrogens with zero attached hydrogens (tertiary/aromatic N) is 1. The predicted octanol–water partition coefficient (Wildman–Crippen LogP) is 7.60. The summed E-state index contributed by atoms with van der Waals surface area (Å²) in [6.07, 6.45) is 0. The van der Waals surface area contributed by atoms with Gasteiger partial charge in [-0.25, -0.2) is 4.98 Å². The lowest BCUT2D eigenvalue weighted by molar-refractivity contribution is 0.102. The second-order valence-corrected chi connectivity index (χ2v) is 8.53. The quantitative estimate of drug-likeness (QED) is 0.271. The molecule has 0 saturated heterocycles. The van der Waals surface area contributed by atoms with Gasteiger partial charge in [-0.2, -0.15) is 0 Å². The van der Waals surface area contributed by atoms with E-state index in [0.29, 0.717) is 33.3 Å². The number of carbonyl (C=O) groups excluding carboxylic acids is 1. The summed E-state index contributed by atoms with van der Waals surface area (Å²) >= 11 is 6.07. The van der Waals surface area contributed by atoms with E-state index in [2.05, 4.69) is 10.3 Å². The first-order valence-electron chi connectivity index (χ1n) is 11.0. The Kier molecular flexibility index (Phi) is 6.08. The molecule has 0 atom stereocenters. The molecule has 35 heavy (non-hydrogen) atoms. The highest BCUT2D eigenvalue weighted by molar-refractivity contribution is 6.30. The van der Waals surface area contributed by atoms with Crippen molar-refractivity contribution >= 4 is 23.4 Å². The number of aryl methyl sites for hydroxylation is 1. The molecule has 172 valence electrons. The third-order valence-corrected chi connectivity index (χ3v) is 5.86. The highest BCUT2D eigenvalue weighted by Gasteiger charge is 2.21. The molecule has 0 unspecified atom stereocenters. The summed E-state index contributed by atoms with van der Waals surface area (Å²) in [5.41, 5.74) is 4.53. The molecule has 5 aromatic rings. The van der Waals surface area contributed by atoms with Gasteiger partial charge >= 0.3 is 0 Å². The van der Waals surface area contributed by atoms with Crippen LogP contribution >= 0.6 is 11.6 Å². The van der Waals surface area contributed by atoms with Crippen molar-refractivity contribution < 1.29 is 14.3 Å². The summed E-state index contributed by atoms with van der Waals surface area (Å²) < 4.78 is 6.04. The van der Waals surface area contributed by atoms with Crippen molar-refractivity contribution in [3.05, 3.63) is 113 Å². The fourth-order valence-corrected chi connectivity index (χ4v) is 3.99. The van der Waals surface area contributed by atoms with Crippen molar-refractivity contribution in [1.82, 2.24) is 4.98 Å². The molecule has 2 N–H and O–H groups in total. The van der Waals surface area contributed by atoms with Crippen LogP contribution in [0, 0.1) is 6.92 Å². The van der Waals surface area contributed by atoms with Crippen LogP contribution in [0.5, 0.6) is 5.75 Å². The number of aromatic nitrogens is 1. The topological polar surface area (TPSA) is 75.4 Å². The van der Waals surface area contributed by atoms with Crippen molar-refractivity contribution in [2.24, 2.45) is 0 Å². The highest BCUT2D eigenvalue weighted by Crippen LogP contribution is 2.36. The first-order chi connectivity index (χ1) is 17.0. The van der Waals surface area contributed by atoms with E-state index in [1.54, 1.807) is 42.5 Å². The number of aromatic hydroxyl groups is 1. The Morgan fingerprint density at radius 3 is 2.31 bits per heavy atom. The SMILES string of the molecule is Cc1ccc(-c2ccccc2C(=O)Nc2oc(-c3ccccc3)nc2-c2ccc(Cl)cc2)c(O)c1. The molecule has 4 aromatic carbocycles. The predicted molar refractivity (Wildman–Crippen MR) is 139 cm³/mol. The summed E-state index contributed by atoms with van der Waals surface area (Å²) in [5.74, 6) is 0.333. The van der Waals surface area contributed by atoms with E-state index in [1.165, 1.54) is 0 Å². The van der Waals surface area contributed by atoms with Crippen molar-refractivity contribution in [2.75, 3.05) is 5.32 Å². The largest absolute Gasteiger partial charge is 0.507 e. The maximum atomic E-state index is 13.5. The molecule has 0 fully saturated rings. The fraction of sp³-hybridized carbons (Fsp3) is 0.0345. The number of hydrogen-bond donors (Lipinski definition) is 2. The molecular weight excluding hydrogens is 460 g/mol. The molecule has 0 saturated carbocycles. The Morgan fingerprint density at radius 2 is 1.57 bits per heavy atom. The number of halogens is 1. The minimum atomic E-state index is -0.383. The van der Waals surface area contributed by atoms with Crippen LogP contribution in [0.1, 0.15) is 15.9 Å². The number of carbonyl (C=O) groups is 1. The van der Waals surface area contributed by atoms with Crippen molar-refractivity contribution in [1.29, 1.82) is 0 Å². The Balaban J connectivity index is 1.56.